The molecule has 0 amide bonds. The van der Waals surface area contributed by atoms with E-state index in [1.54, 1.807) is 0 Å². The van der Waals surface area contributed by atoms with Crippen molar-refractivity contribution in [3.8, 4) is 0 Å². The summed E-state index contributed by atoms with van der Waals surface area (Å²) in [5.74, 6) is 0. The molecule has 0 heterocycles. The summed E-state index contributed by atoms with van der Waals surface area (Å²) in [5.41, 5.74) is 0. The molecule has 2 heteroatoms. The summed E-state index contributed by atoms with van der Waals surface area (Å²) in [5, 5.41) is 12.7. The van der Waals surface area contributed by atoms with Crippen LogP contribution in [-0.2, 0) is 0 Å². The second-order valence-corrected chi connectivity index (χ2v) is 3.46. The predicted octanol–water partition coefficient (Wildman–Crippen LogP) is 1.29. The van der Waals surface area contributed by atoms with Crippen molar-refractivity contribution < 1.29 is 5.11 Å². The first-order valence-electron chi connectivity index (χ1n) is 4.74. The number of aliphatic hydroxyl groups excluding tert-OH is 1. The maximum atomic E-state index is 9.34. The first-order valence-corrected chi connectivity index (χ1v) is 4.74. The van der Waals surface area contributed by atoms with E-state index in [1.165, 1.54) is 12.8 Å². The zero-order valence-corrected chi connectivity index (χ0v) is 7.34. The van der Waals surface area contributed by atoms with Crippen LogP contribution in [0.15, 0.2) is 0 Å². The molecule has 1 saturated carbocycles. The minimum atomic E-state index is -0.0775. The second kappa shape index (κ2) is 4.73. The van der Waals surface area contributed by atoms with Crippen LogP contribution in [0.1, 0.15) is 39.0 Å². The second-order valence-electron chi connectivity index (χ2n) is 3.46. The maximum Gasteiger partial charge on any atom is 0.0552 e. The molecule has 1 atom stereocenters. The summed E-state index contributed by atoms with van der Waals surface area (Å²) >= 11 is 0. The van der Waals surface area contributed by atoms with Crippen molar-refractivity contribution in [2.75, 3.05) is 6.54 Å². The van der Waals surface area contributed by atoms with E-state index >= 15 is 0 Å². The smallest absolute Gasteiger partial charge is 0.0552 e. The Morgan fingerprint density at radius 3 is 2.73 bits per heavy atom. The average Bonchev–Trinajstić information content (AvgIpc) is 2.72. The fraction of sp³-hybridized carbons (Fsp3) is 1.00. The van der Waals surface area contributed by atoms with Gasteiger partial charge in [-0.15, -0.1) is 0 Å². The fourth-order valence-electron chi connectivity index (χ4n) is 1.22. The van der Waals surface area contributed by atoms with Crippen LogP contribution < -0.4 is 5.32 Å². The van der Waals surface area contributed by atoms with Gasteiger partial charge < -0.3 is 10.4 Å². The zero-order chi connectivity index (χ0) is 8.10. The van der Waals surface area contributed by atoms with E-state index in [-0.39, 0.29) is 6.10 Å². The molecule has 1 aliphatic carbocycles. The standard InChI is InChI=1S/C9H19NO/c1-2-3-9(11)6-7-10-8-4-5-8/h8-11H,2-7H2,1H3. The molecule has 0 radical (unpaired) electrons. The molecule has 2 N–H and O–H groups in total. The fourth-order valence-corrected chi connectivity index (χ4v) is 1.22. The molecule has 1 fully saturated rings. The minimum absolute atomic E-state index is 0.0775. The monoisotopic (exact) mass is 157 g/mol. The summed E-state index contributed by atoms with van der Waals surface area (Å²) in [6.07, 6.45) is 5.56. The molecule has 1 unspecified atom stereocenters. The maximum absolute atomic E-state index is 9.34. The van der Waals surface area contributed by atoms with Gasteiger partial charge in [0.1, 0.15) is 0 Å². The molecule has 0 aliphatic heterocycles. The minimum Gasteiger partial charge on any atom is -0.393 e. The van der Waals surface area contributed by atoms with Gasteiger partial charge in [0.25, 0.3) is 0 Å². The molecule has 2 nitrogen and oxygen atoms in total. The normalized spacial score (nSPS) is 20.2. The number of nitrogens with one attached hydrogen (secondary N) is 1. The molecule has 66 valence electrons. The van der Waals surface area contributed by atoms with Gasteiger partial charge >= 0.3 is 0 Å². The molecule has 1 rings (SSSR count). The Labute approximate surface area is 69.0 Å². The van der Waals surface area contributed by atoms with Crippen molar-refractivity contribution in [1.82, 2.24) is 5.32 Å². The van der Waals surface area contributed by atoms with Gasteiger partial charge in [-0.05, 0) is 32.2 Å². The predicted molar refractivity (Wildman–Crippen MR) is 46.6 cm³/mol. The van der Waals surface area contributed by atoms with Gasteiger partial charge in [0.05, 0.1) is 6.10 Å². The molecular formula is C9H19NO. The lowest BCUT2D eigenvalue weighted by molar-refractivity contribution is 0.153. The molecule has 0 aromatic rings. The first kappa shape index (κ1) is 9.01. The Morgan fingerprint density at radius 1 is 1.45 bits per heavy atom. The van der Waals surface area contributed by atoms with Crippen LogP contribution in [0.5, 0.6) is 0 Å². The number of aliphatic hydroxyl groups is 1. The van der Waals surface area contributed by atoms with Crippen LogP contribution in [0.2, 0.25) is 0 Å². The van der Waals surface area contributed by atoms with E-state index in [9.17, 15) is 5.11 Å². The van der Waals surface area contributed by atoms with E-state index in [2.05, 4.69) is 12.2 Å². The molecule has 1 aliphatic rings. The highest BCUT2D eigenvalue weighted by Gasteiger charge is 2.19. The van der Waals surface area contributed by atoms with Gasteiger partial charge in [-0.2, -0.15) is 0 Å². The van der Waals surface area contributed by atoms with E-state index in [0.29, 0.717) is 0 Å². The summed E-state index contributed by atoms with van der Waals surface area (Å²) in [7, 11) is 0. The molecule has 0 spiro atoms. The third kappa shape index (κ3) is 4.38. The molecule has 0 aromatic heterocycles. The van der Waals surface area contributed by atoms with Crippen LogP contribution in [-0.4, -0.2) is 23.8 Å². The van der Waals surface area contributed by atoms with Gasteiger partial charge in [-0.1, -0.05) is 13.3 Å². The summed E-state index contributed by atoms with van der Waals surface area (Å²) < 4.78 is 0. The lowest BCUT2D eigenvalue weighted by Crippen LogP contribution is -2.22. The summed E-state index contributed by atoms with van der Waals surface area (Å²) in [6, 6.07) is 0.781. The Kier molecular flexibility index (Phi) is 3.87. The molecule has 0 bridgehead atoms. The van der Waals surface area contributed by atoms with E-state index in [0.717, 1.165) is 31.8 Å². The van der Waals surface area contributed by atoms with Crippen LogP contribution >= 0.6 is 0 Å². The van der Waals surface area contributed by atoms with Crippen molar-refractivity contribution >= 4 is 0 Å². The lowest BCUT2D eigenvalue weighted by atomic mass is 10.1. The third-order valence-electron chi connectivity index (χ3n) is 2.11. The van der Waals surface area contributed by atoms with E-state index in [4.69, 9.17) is 0 Å². The lowest BCUT2D eigenvalue weighted by Gasteiger charge is -2.08. The Hall–Kier alpha value is -0.0800. The molecule has 11 heavy (non-hydrogen) atoms. The van der Waals surface area contributed by atoms with Gasteiger partial charge in [0.15, 0.2) is 0 Å². The number of rotatable bonds is 6. The topological polar surface area (TPSA) is 32.3 Å². The Bertz CT molecular complexity index is 102. The van der Waals surface area contributed by atoms with Gasteiger partial charge in [-0.3, -0.25) is 0 Å². The number of hydrogen-bond donors (Lipinski definition) is 2. The first-order chi connectivity index (χ1) is 5.33. The third-order valence-corrected chi connectivity index (χ3v) is 2.11. The average molecular weight is 157 g/mol. The van der Waals surface area contributed by atoms with Crippen molar-refractivity contribution in [2.24, 2.45) is 0 Å². The van der Waals surface area contributed by atoms with Crippen LogP contribution in [0.3, 0.4) is 0 Å². The Morgan fingerprint density at radius 2 is 2.18 bits per heavy atom. The molecular weight excluding hydrogens is 138 g/mol. The van der Waals surface area contributed by atoms with E-state index < -0.39 is 0 Å². The van der Waals surface area contributed by atoms with Gasteiger partial charge in [-0.25, -0.2) is 0 Å². The van der Waals surface area contributed by atoms with Crippen molar-refractivity contribution in [3.05, 3.63) is 0 Å². The highest BCUT2D eigenvalue weighted by atomic mass is 16.3. The quantitative estimate of drug-likeness (QED) is 0.609. The van der Waals surface area contributed by atoms with Gasteiger partial charge in [0.2, 0.25) is 0 Å². The van der Waals surface area contributed by atoms with Crippen molar-refractivity contribution in [2.45, 2.75) is 51.2 Å². The summed E-state index contributed by atoms with van der Waals surface area (Å²) in [4.78, 5) is 0. The SMILES string of the molecule is CCCC(O)CCNC1CC1. The van der Waals surface area contributed by atoms with Gasteiger partial charge in [0, 0.05) is 6.04 Å². The summed E-state index contributed by atoms with van der Waals surface area (Å²) in [6.45, 7) is 3.10. The molecule has 0 aromatic carbocycles. The largest absolute Gasteiger partial charge is 0.393 e. The molecule has 0 saturated heterocycles. The highest BCUT2D eigenvalue weighted by molar-refractivity contribution is 4.80. The van der Waals surface area contributed by atoms with Crippen LogP contribution in [0.25, 0.3) is 0 Å². The Balaban J connectivity index is 1.84. The highest BCUT2D eigenvalue weighted by Crippen LogP contribution is 2.18. The van der Waals surface area contributed by atoms with Crippen molar-refractivity contribution in [1.29, 1.82) is 0 Å². The van der Waals surface area contributed by atoms with Crippen LogP contribution in [0.4, 0.5) is 0 Å². The van der Waals surface area contributed by atoms with E-state index in [1.807, 2.05) is 0 Å². The number of hydrogen-bond acceptors (Lipinski definition) is 2. The zero-order valence-electron chi connectivity index (χ0n) is 7.34. The van der Waals surface area contributed by atoms with Crippen molar-refractivity contribution in [3.63, 3.8) is 0 Å². The van der Waals surface area contributed by atoms with Crippen LogP contribution in [0, 0.1) is 0 Å².